The fraction of sp³-hybridized carbons (Fsp3) is 0.417. The Morgan fingerprint density at radius 3 is 2.75 bits per heavy atom. The molecule has 1 N–H and O–H groups in total. The van der Waals surface area contributed by atoms with E-state index < -0.39 is 9.84 Å². The van der Waals surface area contributed by atoms with Crippen LogP contribution in [0.15, 0.2) is 24.3 Å². The number of nitrogens with one attached hydrogen (secondary N) is 1. The highest BCUT2D eigenvalue weighted by Gasteiger charge is 2.48. The quantitative estimate of drug-likeness (QED) is 0.833. The number of sulfone groups is 1. The van der Waals surface area contributed by atoms with Crippen molar-refractivity contribution in [2.45, 2.75) is 17.8 Å². The van der Waals surface area contributed by atoms with Gasteiger partial charge in [0.2, 0.25) is 0 Å². The molecule has 2 heterocycles. The summed E-state index contributed by atoms with van der Waals surface area (Å²) in [5.74, 6) is 0.335. The molecular formula is C12H14BrClN2O2S2. The lowest BCUT2D eigenvalue weighted by Gasteiger charge is -2.24. The molecule has 110 valence electrons. The number of rotatable bonds is 2. The number of hydrogen-bond donors (Lipinski definition) is 1. The summed E-state index contributed by atoms with van der Waals surface area (Å²) in [7, 11) is -2.96. The molecule has 1 aromatic rings. The van der Waals surface area contributed by atoms with Gasteiger partial charge in [-0.1, -0.05) is 41.6 Å². The zero-order chi connectivity index (χ0) is 13.6. The van der Waals surface area contributed by atoms with Gasteiger partial charge in [0, 0.05) is 16.8 Å². The summed E-state index contributed by atoms with van der Waals surface area (Å²) in [6.07, 6.45) is 0. The maximum atomic E-state index is 11.7. The minimum atomic E-state index is -2.96. The first-order valence-electron chi connectivity index (χ1n) is 5.92. The summed E-state index contributed by atoms with van der Waals surface area (Å²) < 4.78 is 23.4. The van der Waals surface area contributed by atoms with Crippen molar-refractivity contribution in [3.63, 3.8) is 0 Å². The molecule has 0 amide bonds. The summed E-state index contributed by atoms with van der Waals surface area (Å²) in [4.78, 5) is 1.86. The van der Waals surface area contributed by atoms with Gasteiger partial charge in [0.25, 0.3) is 0 Å². The third-order valence-corrected chi connectivity index (χ3v) is 7.03. The zero-order valence-corrected chi connectivity index (χ0v) is 14.6. The Kier molecular flexibility index (Phi) is 4.73. The van der Waals surface area contributed by atoms with E-state index in [1.54, 1.807) is 0 Å². The molecule has 3 rings (SSSR count). The first kappa shape index (κ1) is 16.1. The van der Waals surface area contributed by atoms with Crippen molar-refractivity contribution in [1.82, 2.24) is 4.90 Å². The topological polar surface area (TPSA) is 61.2 Å². The van der Waals surface area contributed by atoms with Crippen molar-refractivity contribution in [2.75, 3.05) is 11.5 Å². The Balaban J connectivity index is 0.00000147. The Hall–Kier alpha value is -0.240. The van der Waals surface area contributed by atoms with Gasteiger partial charge >= 0.3 is 0 Å². The van der Waals surface area contributed by atoms with Crippen LogP contribution in [0.2, 0.25) is 5.02 Å². The van der Waals surface area contributed by atoms with Crippen molar-refractivity contribution in [3.8, 4) is 0 Å². The summed E-state index contributed by atoms with van der Waals surface area (Å²) in [5, 5.41) is 9.11. The molecule has 2 aliphatic heterocycles. The van der Waals surface area contributed by atoms with Crippen LogP contribution in [0.25, 0.3) is 0 Å². The molecule has 0 bridgehead atoms. The summed E-state index contributed by atoms with van der Waals surface area (Å²) in [6, 6.07) is 7.40. The van der Waals surface area contributed by atoms with Crippen LogP contribution in [0.4, 0.5) is 0 Å². The molecule has 0 unspecified atom stereocenters. The fourth-order valence-corrected chi connectivity index (χ4v) is 6.59. The van der Waals surface area contributed by atoms with Gasteiger partial charge in [-0.05, 0) is 11.6 Å². The molecule has 20 heavy (non-hydrogen) atoms. The predicted octanol–water partition coefficient (Wildman–Crippen LogP) is 2.57. The number of nitrogens with zero attached hydrogens (tertiary/aromatic N) is 1. The molecular weight excluding hydrogens is 384 g/mol. The van der Waals surface area contributed by atoms with E-state index in [0.717, 1.165) is 5.56 Å². The Labute approximate surface area is 138 Å². The van der Waals surface area contributed by atoms with Gasteiger partial charge < -0.3 is 4.90 Å². The van der Waals surface area contributed by atoms with Gasteiger partial charge in [0.1, 0.15) is 0 Å². The van der Waals surface area contributed by atoms with Crippen LogP contribution in [0.5, 0.6) is 0 Å². The highest BCUT2D eigenvalue weighted by Crippen LogP contribution is 2.38. The highest BCUT2D eigenvalue weighted by molar-refractivity contribution is 8.93. The van der Waals surface area contributed by atoms with Crippen LogP contribution in [0.3, 0.4) is 0 Å². The van der Waals surface area contributed by atoms with E-state index in [4.69, 9.17) is 17.0 Å². The zero-order valence-electron chi connectivity index (χ0n) is 10.5. The lowest BCUT2D eigenvalue weighted by molar-refractivity contribution is 0.349. The summed E-state index contributed by atoms with van der Waals surface area (Å²) in [6.45, 7) is 0.502. The van der Waals surface area contributed by atoms with Crippen LogP contribution < -0.4 is 0 Å². The lowest BCUT2D eigenvalue weighted by atomic mass is 10.1. The van der Waals surface area contributed by atoms with Gasteiger partial charge in [-0.3, -0.25) is 5.41 Å². The van der Waals surface area contributed by atoms with Gasteiger partial charge in [-0.15, -0.1) is 17.0 Å². The molecule has 4 nitrogen and oxygen atoms in total. The minimum absolute atomic E-state index is 0. The number of benzene rings is 1. The normalized spacial score (nSPS) is 27.2. The lowest BCUT2D eigenvalue weighted by Crippen LogP contribution is -2.36. The SMILES string of the molecule is Br.N=C1S[C@H]2CS(=O)(=O)C[C@H]2N1Cc1ccccc1Cl. The number of thioether (sulfide) groups is 1. The van der Waals surface area contributed by atoms with E-state index >= 15 is 0 Å². The van der Waals surface area contributed by atoms with E-state index in [1.807, 2.05) is 29.2 Å². The smallest absolute Gasteiger partial charge is 0.157 e. The van der Waals surface area contributed by atoms with Crippen molar-refractivity contribution in [2.24, 2.45) is 0 Å². The van der Waals surface area contributed by atoms with E-state index in [2.05, 4.69) is 0 Å². The van der Waals surface area contributed by atoms with Crippen LogP contribution in [0.1, 0.15) is 5.56 Å². The first-order valence-corrected chi connectivity index (χ1v) is 9.00. The van der Waals surface area contributed by atoms with E-state index in [9.17, 15) is 8.42 Å². The maximum absolute atomic E-state index is 11.7. The molecule has 0 radical (unpaired) electrons. The summed E-state index contributed by atoms with van der Waals surface area (Å²) >= 11 is 7.49. The highest BCUT2D eigenvalue weighted by atomic mass is 79.9. The molecule has 0 spiro atoms. The van der Waals surface area contributed by atoms with Crippen LogP contribution in [-0.4, -0.2) is 41.3 Å². The average Bonchev–Trinajstić information content (AvgIpc) is 2.75. The van der Waals surface area contributed by atoms with Crippen LogP contribution >= 0.6 is 40.3 Å². The third kappa shape index (κ3) is 3.00. The van der Waals surface area contributed by atoms with Crippen molar-refractivity contribution in [3.05, 3.63) is 34.9 Å². The first-order chi connectivity index (χ1) is 8.96. The van der Waals surface area contributed by atoms with E-state index in [1.165, 1.54) is 11.8 Å². The fourth-order valence-electron chi connectivity index (χ4n) is 2.56. The molecule has 2 fully saturated rings. The van der Waals surface area contributed by atoms with Crippen molar-refractivity contribution < 1.29 is 8.42 Å². The Bertz CT molecular complexity index is 638. The van der Waals surface area contributed by atoms with Crippen LogP contribution in [-0.2, 0) is 16.4 Å². The molecule has 0 aromatic heterocycles. The molecule has 8 heteroatoms. The molecule has 2 atom stereocenters. The molecule has 0 saturated carbocycles. The number of amidine groups is 1. The predicted molar refractivity (Wildman–Crippen MR) is 88.9 cm³/mol. The molecule has 1 aromatic carbocycles. The second-order valence-electron chi connectivity index (χ2n) is 4.83. The average molecular weight is 398 g/mol. The second-order valence-corrected chi connectivity index (χ2v) is 8.61. The van der Waals surface area contributed by atoms with Gasteiger partial charge in [-0.25, -0.2) is 8.42 Å². The van der Waals surface area contributed by atoms with Crippen LogP contribution in [0, 0.1) is 5.41 Å². The Morgan fingerprint density at radius 2 is 2.05 bits per heavy atom. The van der Waals surface area contributed by atoms with Crippen molar-refractivity contribution in [1.29, 1.82) is 5.41 Å². The van der Waals surface area contributed by atoms with Gasteiger partial charge in [0.15, 0.2) is 15.0 Å². The third-order valence-electron chi connectivity index (χ3n) is 3.49. The second kappa shape index (κ2) is 5.87. The largest absolute Gasteiger partial charge is 0.342 e. The summed E-state index contributed by atoms with van der Waals surface area (Å²) in [5.41, 5.74) is 0.930. The van der Waals surface area contributed by atoms with E-state index in [-0.39, 0.29) is 39.8 Å². The van der Waals surface area contributed by atoms with E-state index in [0.29, 0.717) is 16.7 Å². The van der Waals surface area contributed by atoms with Gasteiger partial charge in [-0.2, -0.15) is 0 Å². The van der Waals surface area contributed by atoms with Gasteiger partial charge in [0.05, 0.1) is 17.5 Å². The molecule has 0 aliphatic carbocycles. The standard InChI is InChI=1S/C12H13ClN2O2S2.BrH/c13-9-4-2-1-3-8(9)5-15-10-6-19(16,17)7-11(10)18-12(15)14;/h1-4,10-11,14H,5-7H2;1H/t10-,11+;/m1./s1. The molecule has 2 aliphatic rings. The Morgan fingerprint density at radius 1 is 1.35 bits per heavy atom. The monoisotopic (exact) mass is 396 g/mol. The number of hydrogen-bond acceptors (Lipinski definition) is 4. The number of halogens is 2. The minimum Gasteiger partial charge on any atom is -0.342 e. The van der Waals surface area contributed by atoms with Crippen molar-refractivity contribution >= 4 is 55.3 Å². The molecule has 2 saturated heterocycles. The maximum Gasteiger partial charge on any atom is 0.157 e. The number of fused-ring (bicyclic) bond motifs is 1.